The Morgan fingerprint density at radius 3 is 0.643 bits per heavy atom. The molecule has 0 bridgehead atoms. The monoisotopic (exact) mass is 1310 g/mol. The van der Waals surface area contributed by atoms with Crippen LogP contribution in [0.25, 0.3) is 10.9 Å². The van der Waals surface area contributed by atoms with Gasteiger partial charge in [-0.05, 0) is 128 Å². The maximum absolute atomic E-state index is 4.60. The van der Waals surface area contributed by atoms with Crippen LogP contribution in [-0.4, -0.2) is 0 Å². The second kappa shape index (κ2) is 32.5. The smallest absolute Gasteiger partial charge is 0.350 e. The van der Waals surface area contributed by atoms with E-state index in [1.54, 1.807) is 0 Å². The van der Waals surface area contributed by atoms with Crippen LogP contribution in [-0.2, 0) is 44.8 Å². The first kappa shape index (κ1) is 63.6. The zero-order valence-corrected chi connectivity index (χ0v) is 49.9. The maximum atomic E-state index is 4.60. The molecule has 6 rings (SSSR count). The van der Waals surface area contributed by atoms with Gasteiger partial charge in [0.25, 0.3) is 0 Å². The third kappa shape index (κ3) is 20.0. The van der Waals surface area contributed by atoms with Crippen LogP contribution < -0.4 is 0 Å². The Morgan fingerprint density at radius 1 is 0.271 bits per heavy atom. The summed E-state index contributed by atoms with van der Waals surface area (Å²) in [6.07, 6.45) is 0. The molecule has 0 atom stereocenters. The molecule has 0 aromatic heterocycles. The molecule has 6 aromatic carbocycles. The molecule has 0 radical (unpaired) electrons. The first-order valence-electron chi connectivity index (χ1n) is 25.0. The van der Waals surface area contributed by atoms with Gasteiger partial charge in [0.1, 0.15) is 0 Å². The van der Waals surface area contributed by atoms with Crippen molar-refractivity contribution in [3.8, 4) is 0 Å². The summed E-state index contributed by atoms with van der Waals surface area (Å²) in [4.78, 5) is 0. The minimum absolute atomic E-state index is 0. The van der Waals surface area contributed by atoms with Crippen LogP contribution in [0.2, 0.25) is 0 Å². The zero-order valence-electron chi connectivity index (χ0n) is 45.6. The van der Waals surface area contributed by atoms with Gasteiger partial charge < -0.3 is 21.1 Å². The van der Waals surface area contributed by atoms with E-state index in [1.807, 2.05) is 36.4 Å². The Hall–Kier alpha value is -4.40. The number of nitrogens with zero attached hydrogens (tertiary/aromatic N) is 6. The Labute approximate surface area is 456 Å². The molecule has 0 fully saturated rings. The SMILES string of the molecule is CC(C)c1cccc(C(C)C)c1N=N[N-]c1c(C(C)C)cccc1C(C)C.CC(C)c1cccc(C(C)C)c1N=N[N-]c1c(C(C)C)cccc1C(C)C.Cc1ccccc1.Cc1ccccc1.[Au+].[Au+]. The Kier molecular flexibility index (Phi) is 29.6. The summed E-state index contributed by atoms with van der Waals surface area (Å²) in [7, 11) is 0. The average Bonchev–Trinajstić information content (AvgIpc) is 3.29. The van der Waals surface area contributed by atoms with Crippen LogP contribution in [0.5, 0.6) is 0 Å². The van der Waals surface area contributed by atoms with E-state index in [0.717, 1.165) is 22.7 Å². The molecule has 8 heteroatoms. The van der Waals surface area contributed by atoms with Crippen molar-refractivity contribution in [3.05, 3.63) is 200 Å². The predicted octanol–water partition coefficient (Wildman–Crippen LogP) is 21.8. The minimum Gasteiger partial charge on any atom is -0.350 e. The molecule has 6 aromatic rings. The number of rotatable bonds is 14. The fraction of sp³-hybridized carbons (Fsp3) is 0.419. The Bertz CT molecular complexity index is 2180. The van der Waals surface area contributed by atoms with Crippen LogP contribution in [0.15, 0.2) is 154 Å². The molecule has 384 valence electrons. The minimum atomic E-state index is 0. The standard InChI is InChI=1S/2C24H34N3.2C7H8.2Au/c2*1-15(2)19-11-9-12-20(16(3)4)23(19)25-27-26-24-21(17(5)6)13-10-14-22(24)18(7)8;2*1-7-5-3-2-4-6-7;;/h2*9-18H,1-8H3;2*2-6H,1H3;;/q2*-1;;;2*+1. The van der Waals surface area contributed by atoms with Gasteiger partial charge in [0, 0.05) is 0 Å². The number of aryl methyl sites for hydroxylation is 2. The third-order valence-electron chi connectivity index (χ3n) is 11.8. The van der Waals surface area contributed by atoms with Crippen molar-refractivity contribution in [2.45, 2.75) is 172 Å². The Balaban J connectivity index is 0.000000534. The van der Waals surface area contributed by atoms with Gasteiger partial charge in [-0.1, -0.05) is 255 Å². The molecule has 0 amide bonds. The van der Waals surface area contributed by atoms with Crippen molar-refractivity contribution >= 4 is 22.7 Å². The quantitative estimate of drug-likeness (QED) is 0.0592. The van der Waals surface area contributed by atoms with E-state index in [2.05, 4.69) is 253 Å². The van der Waals surface area contributed by atoms with Crippen molar-refractivity contribution in [3.63, 3.8) is 0 Å². The van der Waals surface area contributed by atoms with Crippen LogP contribution in [0.1, 0.15) is 214 Å². The molecule has 0 spiro atoms. The van der Waals surface area contributed by atoms with E-state index in [-0.39, 0.29) is 44.8 Å². The van der Waals surface area contributed by atoms with Gasteiger partial charge >= 0.3 is 44.8 Å². The summed E-state index contributed by atoms with van der Waals surface area (Å²) < 4.78 is 0. The van der Waals surface area contributed by atoms with E-state index < -0.39 is 0 Å². The molecule has 70 heavy (non-hydrogen) atoms. The van der Waals surface area contributed by atoms with Crippen LogP contribution in [0.4, 0.5) is 22.7 Å². The predicted molar refractivity (Wildman–Crippen MR) is 296 cm³/mol. The second-order valence-corrected chi connectivity index (χ2v) is 20.3. The molecule has 0 heterocycles. The molecule has 0 N–H and O–H groups in total. The van der Waals surface area contributed by atoms with E-state index in [4.69, 9.17) is 0 Å². The number of benzene rings is 6. The summed E-state index contributed by atoms with van der Waals surface area (Å²) in [5.41, 5.74) is 25.5. The van der Waals surface area contributed by atoms with Crippen molar-refractivity contribution in [1.82, 2.24) is 0 Å². The Morgan fingerprint density at radius 2 is 0.471 bits per heavy atom. The van der Waals surface area contributed by atoms with Crippen LogP contribution in [0, 0.1) is 13.8 Å². The molecule has 0 aliphatic carbocycles. The van der Waals surface area contributed by atoms with Gasteiger partial charge in [0.15, 0.2) is 0 Å². The van der Waals surface area contributed by atoms with Crippen LogP contribution in [0.3, 0.4) is 0 Å². The van der Waals surface area contributed by atoms with E-state index >= 15 is 0 Å². The normalized spacial score (nSPS) is 11.1. The van der Waals surface area contributed by atoms with Gasteiger partial charge in [-0.15, -0.1) is 0 Å². The van der Waals surface area contributed by atoms with Gasteiger partial charge in [-0.2, -0.15) is 0 Å². The number of hydrogen-bond acceptors (Lipinski definition) is 4. The topological polar surface area (TPSA) is 77.6 Å². The van der Waals surface area contributed by atoms with Crippen molar-refractivity contribution < 1.29 is 44.8 Å². The van der Waals surface area contributed by atoms with Crippen LogP contribution >= 0.6 is 0 Å². The van der Waals surface area contributed by atoms with Gasteiger partial charge in [-0.3, -0.25) is 10.4 Å². The molecule has 0 aliphatic heterocycles. The summed E-state index contributed by atoms with van der Waals surface area (Å²) in [6, 6.07) is 46.2. The largest absolute Gasteiger partial charge is 1.00 e. The average molecular weight is 1310 g/mol. The summed E-state index contributed by atoms with van der Waals surface area (Å²) in [5.74, 6) is 3.16. The van der Waals surface area contributed by atoms with E-state index in [9.17, 15) is 0 Å². The first-order chi connectivity index (χ1) is 32.3. The second-order valence-electron chi connectivity index (χ2n) is 20.3. The first-order valence-corrected chi connectivity index (χ1v) is 25.0. The zero-order chi connectivity index (χ0) is 50.5. The summed E-state index contributed by atoms with van der Waals surface area (Å²) in [6.45, 7) is 39.3. The van der Waals surface area contributed by atoms with Crippen molar-refractivity contribution in [1.29, 1.82) is 0 Å². The van der Waals surface area contributed by atoms with E-state index in [0.29, 0.717) is 47.3 Å². The molecule has 0 saturated carbocycles. The summed E-state index contributed by atoms with van der Waals surface area (Å²) >= 11 is 0. The van der Waals surface area contributed by atoms with E-state index in [1.165, 1.54) is 55.6 Å². The molecule has 0 aliphatic rings. The summed E-state index contributed by atoms with van der Waals surface area (Å²) in [5, 5.41) is 17.9. The molecule has 0 unspecified atom stereocenters. The fourth-order valence-corrected chi connectivity index (χ4v) is 7.80. The number of hydrogen-bond donors (Lipinski definition) is 0. The molecule has 0 saturated heterocycles. The van der Waals surface area contributed by atoms with Crippen molar-refractivity contribution in [2.75, 3.05) is 0 Å². The van der Waals surface area contributed by atoms with Crippen molar-refractivity contribution in [2.24, 2.45) is 20.7 Å². The van der Waals surface area contributed by atoms with Gasteiger partial charge in [0.05, 0.1) is 0 Å². The molecule has 6 nitrogen and oxygen atoms in total. The fourth-order valence-electron chi connectivity index (χ4n) is 7.80. The molecular weight excluding hydrogens is 1220 g/mol. The maximum Gasteiger partial charge on any atom is 1.00 e. The molecular formula is C62H84Au2N6. The van der Waals surface area contributed by atoms with Gasteiger partial charge in [-0.25, -0.2) is 0 Å². The van der Waals surface area contributed by atoms with Gasteiger partial charge in [0.2, 0.25) is 0 Å². The third-order valence-corrected chi connectivity index (χ3v) is 11.8.